The molecule has 6 heteroatoms. The highest BCUT2D eigenvalue weighted by Gasteiger charge is 2.10. The third-order valence-corrected chi connectivity index (χ3v) is 4.28. The van der Waals surface area contributed by atoms with E-state index in [1.54, 1.807) is 0 Å². The molecule has 148 valence electrons. The van der Waals surface area contributed by atoms with E-state index in [1.165, 1.54) is 0 Å². The first-order valence-electron chi connectivity index (χ1n) is 9.16. The molecule has 0 saturated carbocycles. The molecular weight excluding hydrogens is 374 g/mol. The highest BCUT2D eigenvalue weighted by atomic mass is 35.5. The number of carbonyl (C=O) groups is 1. The predicted octanol–water partition coefficient (Wildman–Crippen LogP) is 4.93. The van der Waals surface area contributed by atoms with Crippen LogP contribution in [-0.2, 0) is 13.0 Å². The van der Waals surface area contributed by atoms with Crippen LogP contribution in [0.5, 0.6) is 0 Å². The molecular formula is C22H26ClN3O2. The SMILES string of the molecule is CNc1ccc(-c2cccc(C(=O)NCc3cc(CC(C)C)no3)c2)cc1.Cl. The van der Waals surface area contributed by atoms with Crippen molar-refractivity contribution < 1.29 is 9.32 Å². The van der Waals surface area contributed by atoms with Crippen LogP contribution in [0.25, 0.3) is 11.1 Å². The van der Waals surface area contributed by atoms with E-state index in [4.69, 9.17) is 4.52 Å². The summed E-state index contributed by atoms with van der Waals surface area (Å²) in [5, 5.41) is 10.0. The number of aromatic nitrogens is 1. The number of amides is 1. The van der Waals surface area contributed by atoms with Crippen LogP contribution in [0.2, 0.25) is 0 Å². The normalized spacial score (nSPS) is 10.4. The number of halogens is 1. The van der Waals surface area contributed by atoms with E-state index in [9.17, 15) is 4.79 Å². The Morgan fingerprint density at radius 1 is 1.07 bits per heavy atom. The van der Waals surface area contributed by atoms with Crippen molar-refractivity contribution in [2.45, 2.75) is 26.8 Å². The average Bonchev–Trinajstić information content (AvgIpc) is 3.13. The Hall–Kier alpha value is -2.79. The number of hydrogen-bond acceptors (Lipinski definition) is 4. The van der Waals surface area contributed by atoms with Crippen LogP contribution in [0.1, 0.15) is 35.7 Å². The first kappa shape index (κ1) is 21.5. The summed E-state index contributed by atoms with van der Waals surface area (Å²) in [6.45, 7) is 4.59. The molecule has 5 nitrogen and oxygen atoms in total. The van der Waals surface area contributed by atoms with Crippen molar-refractivity contribution in [2.24, 2.45) is 5.92 Å². The van der Waals surface area contributed by atoms with Crippen molar-refractivity contribution in [3.8, 4) is 11.1 Å². The van der Waals surface area contributed by atoms with Gasteiger partial charge in [-0.3, -0.25) is 4.79 Å². The van der Waals surface area contributed by atoms with Crippen molar-refractivity contribution in [1.82, 2.24) is 10.5 Å². The maximum atomic E-state index is 12.5. The van der Waals surface area contributed by atoms with Gasteiger partial charge in [-0.2, -0.15) is 0 Å². The van der Waals surface area contributed by atoms with Gasteiger partial charge in [0, 0.05) is 24.4 Å². The largest absolute Gasteiger partial charge is 0.388 e. The van der Waals surface area contributed by atoms with Crippen LogP contribution >= 0.6 is 12.4 Å². The number of rotatable bonds is 7. The number of carbonyl (C=O) groups excluding carboxylic acids is 1. The van der Waals surface area contributed by atoms with E-state index in [1.807, 2.05) is 61.6 Å². The van der Waals surface area contributed by atoms with Gasteiger partial charge in [-0.15, -0.1) is 12.4 Å². The van der Waals surface area contributed by atoms with Gasteiger partial charge in [0.15, 0.2) is 5.76 Å². The molecule has 0 saturated heterocycles. The van der Waals surface area contributed by atoms with Crippen molar-refractivity contribution in [2.75, 3.05) is 12.4 Å². The van der Waals surface area contributed by atoms with Gasteiger partial charge in [0.05, 0.1) is 12.2 Å². The molecule has 2 aromatic carbocycles. The van der Waals surface area contributed by atoms with Gasteiger partial charge in [-0.1, -0.05) is 43.3 Å². The molecule has 0 aliphatic heterocycles. The van der Waals surface area contributed by atoms with Crippen LogP contribution < -0.4 is 10.6 Å². The van der Waals surface area contributed by atoms with Gasteiger partial charge in [0.25, 0.3) is 5.91 Å². The molecule has 0 spiro atoms. The van der Waals surface area contributed by atoms with Crippen LogP contribution in [-0.4, -0.2) is 18.1 Å². The third kappa shape index (κ3) is 5.60. The van der Waals surface area contributed by atoms with Crippen molar-refractivity contribution in [3.05, 3.63) is 71.6 Å². The molecule has 0 bridgehead atoms. The Bertz CT molecular complexity index is 904. The van der Waals surface area contributed by atoms with Gasteiger partial charge in [0.1, 0.15) is 0 Å². The zero-order chi connectivity index (χ0) is 19.2. The summed E-state index contributed by atoms with van der Waals surface area (Å²) in [7, 11) is 1.89. The Labute approximate surface area is 171 Å². The lowest BCUT2D eigenvalue weighted by atomic mass is 10.0. The molecule has 2 N–H and O–H groups in total. The summed E-state index contributed by atoms with van der Waals surface area (Å²) < 4.78 is 5.30. The lowest BCUT2D eigenvalue weighted by molar-refractivity contribution is 0.0947. The highest BCUT2D eigenvalue weighted by molar-refractivity contribution is 5.95. The van der Waals surface area contributed by atoms with Gasteiger partial charge >= 0.3 is 0 Å². The zero-order valence-electron chi connectivity index (χ0n) is 16.4. The minimum atomic E-state index is -0.134. The molecule has 28 heavy (non-hydrogen) atoms. The number of anilines is 1. The molecule has 3 rings (SSSR count). The van der Waals surface area contributed by atoms with Crippen LogP contribution in [0, 0.1) is 5.92 Å². The molecule has 0 fully saturated rings. The van der Waals surface area contributed by atoms with Crippen molar-refractivity contribution in [1.29, 1.82) is 0 Å². The van der Waals surface area contributed by atoms with E-state index >= 15 is 0 Å². The monoisotopic (exact) mass is 399 g/mol. The smallest absolute Gasteiger partial charge is 0.251 e. The standard InChI is InChI=1S/C22H25N3O2.ClH/c1-15(2)11-20-13-21(27-25-20)14-24-22(26)18-6-4-5-17(12-18)16-7-9-19(23-3)10-8-16;/h4-10,12-13,15,23H,11,14H2,1-3H3,(H,24,26);1H. The number of nitrogens with zero attached hydrogens (tertiary/aromatic N) is 1. The van der Waals surface area contributed by atoms with Gasteiger partial charge in [-0.05, 0) is 47.7 Å². The Morgan fingerprint density at radius 3 is 2.50 bits per heavy atom. The second-order valence-electron chi connectivity index (χ2n) is 6.97. The molecule has 0 aliphatic rings. The lowest BCUT2D eigenvalue weighted by Crippen LogP contribution is -2.22. The second kappa shape index (κ2) is 9.95. The minimum Gasteiger partial charge on any atom is -0.388 e. The van der Waals surface area contributed by atoms with Crippen molar-refractivity contribution in [3.63, 3.8) is 0 Å². The van der Waals surface area contributed by atoms with Crippen LogP contribution in [0.4, 0.5) is 5.69 Å². The summed E-state index contributed by atoms with van der Waals surface area (Å²) in [5.74, 6) is 1.05. The fourth-order valence-corrected chi connectivity index (χ4v) is 2.89. The molecule has 0 unspecified atom stereocenters. The number of hydrogen-bond donors (Lipinski definition) is 2. The third-order valence-electron chi connectivity index (χ3n) is 4.28. The highest BCUT2D eigenvalue weighted by Crippen LogP contribution is 2.22. The zero-order valence-corrected chi connectivity index (χ0v) is 17.2. The Balaban J connectivity index is 0.00000280. The maximum absolute atomic E-state index is 12.5. The number of nitrogens with one attached hydrogen (secondary N) is 2. The van der Waals surface area contributed by atoms with E-state index in [2.05, 4.69) is 29.6 Å². The van der Waals surface area contributed by atoms with E-state index in [0.717, 1.165) is 28.9 Å². The summed E-state index contributed by atoms with van der Waals surface area (Å²) in [5.41, 5.74) is 4.66. The van der Waals surface area contributed by atoms with Crippen molar-refractivity contribution >= 4 is 24.0 Å². The van der Waals surface area contributed by atoms with Crippen LogP contribution in [0.15, 0.2) is 59.1 Å². The van der Waals surface area contributed by atoms with E-state index < -0.39 is 0 Å². The summed E-state index contributed by atoms with van der Waals surface area (Å²) in [6.07, 6.45) is 0.867. The van der Waals surface area contributed by atoms with E-state index in [0.29, 0.717) is 23.8 Å². The predicted molar refractivity (Wildman–Crippen MR) is 115 cm³/mol. The molecule has 0 atom stereocenters. The summed E-state index contributed by atoms with van der Waals surface area (Å²) in [6, 6.07) is 17.6. The summed E-state index contributed by atoms with van der Waals surface area (Å²) in [4.78, 5) is 12.5. The second-order valence-corrected chi connectivity index (χ2v) is 6.97. The Morgan fingerprint density at radius 2 is 1.82 bits per heavy atom. The minimum absolute atomic E-state index is 0. The first-order valence-corrected chi connectivity index (χ1v) is 9.16. The van der Waals surface area contributed by atoms with Crippen LogP contribution in [0.3, 0.4) is 0 Å². The molecule has 1 aromatic heterocycles. The van der Waals surface area contributed by atoms with Gasteiger partial charge in [-0.25, -0.2) is 0 Å². The topological polar surface area (TPSA) is 67.2 Å². The maximum Gasteiger partial charge on any atom is 0.251 e. The Kier molecular flexibility index (Phi) is 7.64. The molecule has 1 heterocycles. The van der Waals surface area contributed by atoms with Gasteiger partial charge < -0.3 is 15.2 Å². The first-order chi connectivity index (χ1) is 13.0. The number of benzene rings is 2. The fraction of sp³-hybridized carbons (Fsp3) is 0.273. The van der Waals surface area contributed by atoms with E-state index in [-0.39, 0.29) is 18.3 Å². The molecule has 1 amide bonds. The fourth-order valence-electron chi connectivity index (χ4n) is 2.89. The molecule has 3 aromatic rings. The molecule has 0 radical (unpaired) electrons. The summed E-state index contributed by atoms with van der Waals surface area (Å²) >= 11 is 0. The average molecular weight is 400 g/mol. The molecule has 0 aliphatic carbocycles. The van der Waals surface area contributed by atoms with Gasteiger partial charge in [0.2, 0.25) is 0 Å². The quantitative estimate of drug-likeness (QED) is 0.590. The lowest BCUT2D eigenvalue weighted by Gasteiger charge is -2.07.